The predicted molar refractivity (Wildman–Crippen MR) is 107 cm³/mol. The standard InChI is InChI=1S/C22H29N3O2/c1-16-4-6-19(7-5-16)8-9-21(26)24-10-12-25(13-11-24)22(27)15-20-14-17(2)23-18(20)3/h4-7,14,23H,8-13,15H2,1-3H3. The summed E-state index contributed by atoms with van der Waals surface area (Å²) in [5.41, 5.74) is 5.63. The zero-order valence-corrected chi connectivity index (χ0v) is 16.5. The van der Waals surface area contributed by atoms with Gasteiger partial charge in [-0.15, -0.1) is 0 Å². The summed E-state index contributed by atoms with van der Waals surface area (Å²) in [5, 5.41) is 0. The number of nitrogens with one attached hydrogen (secondary N) is 1. The number of carbonyl (C=O) groups excluding carboxylic acids is 2. The van der Waals surface area contributed by atoms with E-state index in [0.29, 0.717) is 39.0 Å². The second-order valence-corrected chi connectivity index (χ2v) is 7.53. The minimum Gasteiger partial charge on any atom is -0.362 e. The lowest BCUT2D eigenvalue weighted by Crippen LogP contribution is -2.51. The van der Waals surface area contributed by atoms with Crippen molar-refractivity contribution >= 4 is 11.8 Å². The van der Waals surface area contributed by atoms with Crippen molar-refractivity contribution in [3.63, 3.8) is 0 Å². The van der Waals surface area contributed by atoms with Gasteiger partial charge in [-0.25, -0.2) is 0 Å². The van der Waals surface area contributed by atoms with Crippen LogP contribution in [-0.2, 0) is 22.4 Å². The number of H-pyrrole nitrogens is 1. The molecule has 1 aliphatic heterocycles. The van der Waals surface area contributed by atoms with Gasteiger partial charge in [0.05, 0.1) is 6.42 Å². The van der Waals surface area contributed by atoms with Gasteiger partial charge in [-0.2, -0.15) is 0 Å². The third kappa shape index (κ3) is 5.00. The minimum absolute atomic E-state index is 0.142. The van der Waals surface area contributed by atoms with Gasteiger partial charge in [-0.1, -0.05) is 29.8 Å². The highest BCUT2D eigenvalue weighted by molar-refractivity contribution is 5.80. The Labute approximate surface area is 161 Å². The molecule has 2 heterocycles. The normalized spacial score (nSPS) is 14.5. The van der Waals surface area contributed by atoms with Crippen molar-refractivity contribution in [2.45, 2.75) is 40.0 Å². The van der Waals surface area contributed by atoms with Crippen LogP contribution in [0.15, 0.2) is 30.3 Å². The second-order valence-electron chi connectivity index (χ2n) is 7.53. The summed E-state index contributed by atoms with van der Waals surface area (Å²) in [4.78, 5) is 32.0. The van der Waals surface area contributed by atoms with Gasteiger partial charge in [0.2, 0.25) is 11.8 Å². The summed E-state index contributed by atoms with van der Waals surface area (Å²) in [5.74, 6) is 0.323. The van der Waals surface area contributed by atoms with E-state index >= 15 is 0 Å². The molecule has 0 unspecified atom stereocenters. The first-order valence-corrected chi connectivity index (χ1v) is 9.68. The van der Waals surface area contributed by atoms with Gasteiger partial charge < -0.3 is 14.8 Å². The lowest BCUT2D eigenvalue weighted by molar-refractivity contribution is -0.139. The molecule has 2 aromatic rings. The molecule has 5 nitrogen and oxygen atoms in total. The van der Waals surface area contributed by atoms with Crippen molar-refractivity contribution in [1.82, 2.24) is 14.8 Å². The zero-order chi connectivity index (χ0) is 19.4. The number of aromatic nitrogens is 1. The molecule has 3 rings (SSSR count). The zero-order valence-electron chi connectivity index (χ0n) is 16.5. The molecule has 1 saturated heterocycles. The number of aromatic amines is 1. The average Bonchev–Trinajstić information content (AvgIpc) is 2.98. The number of hydrogen-bond donors (Lipinski definition) is 1. The third-order valence-corrected chi connectivity index (χ3v) is 5.33. The van der Waals surface area contributed by atoms with Crippen molar-refractivity contribution in [1.29, 1.82) is 0 Å². The number of amides is 2. The molecule has 0 bridgehead atoms. The average molecular weight is 367 g/mol. The highest BCUT2D eigenvalue weighted by Gasteiger charge is 2.24. The molecule has 0 saturated carbocycles. The molecule has 5 heteroatoms. The van der Waals surface area contributed by atoms with Crippen LogP contribution in [0.25, 0.3) is 0 Å². The Kier molecular flexibility index (Phi) is 5.99. The van der Waals surface area contributed by atoms with Crippen LogP contribution in [0.5, 0.6) is 0 Å². The summed E-state index contributed by atoms with van der Waals surface area (Å²) >= 11 is 0. The Balaban J connectivity index is 1.45. The summed E-state index contributed by atoms with van der Waals surface area (Å²) in [6.45, 7) is 8.57. The molecule has 0 aliphatic carbocycles. The number of aryl methyl sites for hydroxylation is 4. The Morgan fingerprint density at radius 2 is 1.52 bits per heavy atom. The fraction of sp³-hybridized carbons (Fsp3) is 0.455. The first-order chi connectivity index (χ1) is 12.9. The molecule has 0 atom stereocenters. The van der Waals surface area contributed by atoms with E-state index in [-0.39, 0.29) is 11.8 Å². The Bertz CT molecular complexity index is 799. The summed E-state index contributed by atoms with van der Waals surface area (Å²) in [6.07, 6.45) is 1.72. The molecular formula is C22H29N3O2. The maximum absolute atomic E-state index is 12.6. The number of hydrogen-bond acceptors (Lipinski definition) is 2. The van der Waals surface area contributed by atoms with Gasteiger partial charge in [0.15, 0.2) is 0 Å². The SMILES string of the molecule is Cc1ccc(CCC(=O)N2CCN(C(=O)Cc3cc(C)[nH]c3C)CC2)cc1. The van der Waals surface area contributed by atoms with Gasteiger partial charge in [-0.05, 0) is 44.4 Å². The van der Waals surface area contributed by atoms with Crippen LogP contribution in [0.2, 0.25) is 0 Å². The number of nitrogens with zero attached hydrogens (tertiary/aromatic N) is 2. The molecule has 1 aliphatic rings. The minimum atomic E-state index is 0.142. The number of rotatable bonds is 5. The largest absolute Gasteiger partial charge is 0.362 e. The molecule has 2 amide bonds. The maximum Gasteiger partial charge on any atom is 0.227 e. The molecule has 1 aromatic carbocycles. The second kappa shape index (κ2) is 8.42. The molecule has 27 heavy (non-hydrogen) atoms. The van der Waals surface area contributed by atoms with Gasteiger partial charge in [0.1, 0.15) is 0 Å². The van der Waals surface area contributed by atoms with Crippen LogP contribution >= 0.6 is 0 Å². The van der Waals surface area contributed by atoms with Gasteiger partial charge in [0.25, 0.3) is 0 Å². The lowest BCUT2D eigenvalue weighted by atomic mass is 10.1. The maximum atomic E-state index is 12.6. The van der Waals surface area contributed by atoms with Crippen molar-refractivity contribution in [2.24, 2.45) is 0 Å². The van der Waals surface area contributed by atoms with E-state index in [9.17, 15) is 9.59 Å². The molecule has 1 N–H and O–H groups in total. The molecule has 1 fully saturated rings. The van der Waals surface area contributed by atoms with E-state index < -0.39 is 0 Å². The number of benzene rings is 1. The Hall–Kier alpha value is -2.56. The van der Waals surface area contributed by atoms with E-state index in [2.05, 4.69) is 36.2 Å². The highest BCUT2D eigenvalue weighted by atomic mass is 16.2. The van der Waals surface area contributed by atoms with Crippen molar-refractivity contribution in [3.8, 4) is 0 Å². The first-order valence-electron chi connectivity index (χ1n) is 9.68. The third-order valence-electron chi connectivity index (χ3n) is 5.33. The van der Waals surface area contributed by atoms with Crippen LogP contribution in [0.4, 0.5) is 0 Å². The van der Waals surface area contributed by atoms with E-state index in [0.717, 1.165) is 23.4 Å². The van der Waals surface area contributed by atoms with Crippen molar-refractivity contribution in [2.75, 3.05) is 26.2 Å². The summed E-state index contributed by atoms with van der Waals surface area (Å²) < 4.78 is 0. The number of piperazine rings is 1. The van der Waals surface area contributed by atoms with Gasteiger partial charge >= 0.3 is 0 Å². The highest BCUT2D eigenvalue weighted by Crippen LogP contribution is 2.13. The van der Waals surface area contributed by atoms with Gasteiger partial charge in [-0.3, -0.25) is 9.59 Å². The van der Waals surface area contributed by atoms with Crippen molar-refractivity contribution < 1.29 is 9.59 Å². The lowest BCUT2D eigenvalue weighted by Gasteiger charge is -2.35. The molecule has 0 spiro atoms. The van der Waals surface area contributed by atoms with Crippen LogP contribution < -0.4 is 0 Å². The number of carbonyl (C=O) groups is 2. The van der Waals surface area contributed by atoms with Crippen molar-refractivity contribution in [3.05, 3.63) is 58.4 Å². The van der Waals surface area contributed by atoms with Crippen LogP contribution in [-0.4, -0.2) is 52.8 Å². The molecular weight excluding hydrogens is 338 g/mol. The predicted octanol–water partition coefficient (Wildman–Crippen LogP) is 2.79. The fourth-order valence-corrected chi connectivity index (χ4v) is 3.61. The monoisotopic (exact) mass is 367 g/mol. The molecule has 0 radical (unpaired) electrons. The molecule has 144 valence electrons. The van der Waals surface area contributed by atoms with Crippen LogP contribution in [0, 0.1) is 20.8 Å². The fourth-order valence-electron chi connectivity index (χ4n) is 3.61. The topological polar surface area (TPSA) is 56.4 Å². The van der Waals surface area contributed by atoms with E-state index in [4.69, 9.17) is 0 Å². The summed E-state index contributed by atoms with van der Waals surface area (Å²) in [7, 11) is 0. The first kappa shape index (κ1) is 19.2. The van der Waals surface area contributed by atoms with Crippen LogP contribution in [0.1, 0.15) is 34.5 Å². The smallest absolute Gasteiger partial charge is 0.227 e. The Morgan fingerprint density at radius 1 is 0.926 bits per heavy atom. The van der Waals surface area contributed by atoms with E-state index in [1.165, 1.54) is 11.1 Å². The van der Waals surface area contributed by atoms with Gasteiger partial charge in [0, 0.05) is 44.0 Å². The quantitative estimate of drug-likeness (QED) is 0.883. The van der Waals surface area contributed by atoms with Crippen LogP contribution in [0.3, 0.4) is 0 Å². The van der Waals surface area contributed by atoms with E-state index in [1.807, 2.05) is 29.7 Å². The molecule has 1 aromatic heterocycles. The van der Waals surface area contributed by atoms with E-state index in [1.54, 1.807) is 0 Å². The Morgan fingerprint density at radius 3 is 2.07 bits per heavy atom. The summed E-state index contributed by atoms with van der Waals surface area (Å²) in [6, 6.07) is 10.4.